The number of nitrogens with one attached hydrogen (secondary N) is 1. The Hall–Kier alpha value is -3.37. The number of fused-ring (bicyclic) bond motifs is 1. The van der Waals surface area contributed by atoms with Crippen molar-refractivity contribution in [2.45, 2.75) is 43.2 Å². The summed E-state index contributed by atoms with van der Waals surface area (Å²) in [5.74, 6) is -4.57. The number of aliphatic carboxylic acids is 2. The molecule has 3 aliphatic rings. The van der Waals surface area contributed by atoms with Crippen LogP contribution in [0.3, 0.4) is 0 Å². The Morgan fingerprint density at radius 1 is 1.32 bits per heavy atom. The molecule has 1 aliphatic carbocycles. The number of aromatic nitrogens is 1. The van der Waals surface area contributed by atoms with Crippen LogP contribution in [0.15, 0.2) is 21.8 Å². The van der Waals surface area contributed by atoms with Crippen LogP contribution in [0.5, 0.6) is 0 Å². The van der Waals surface area contributed by atoms with Crippen molar-refractivity contribution in [3.63, 3.8) is 0 Å². The van der Waals surface area contributed by atoms with Gasteiger partial charge in [-0.1, -0.05) is 5.16 Å². The number of carboxylic acids is 2. The number of anilines is 1. The van der Waals surface area contributed by atoms with Gasteiger partial charge in [-0.25, -0.2) is 14.6 Å². The highest BCUT2D eigenvalue weighted by Gasteiger charge is 2.54. The van der Waals surface area contributed by atoms with Crippen LogP contribution in [0.2, 0.25) is 0 Å². The zero-order valence-corrected chi connectivity index (χ0v) is 21.6. The van der Waals surface area contributed by atoms with Crippen LogP contribution in [0, 0.1) is 0 Å². The number of nitrogens with zero attached hydrogens (tertiary/aromatic N) is 3. The second-order valence-corrected chi connectivity index (χ2v) is 10.1. The third-order valence-electron chi connectivity index (χ3n) is 5.83. The number of thiazole rings is 1. The highest BCUT2D eigenvalue weighted by atomic mass is 35.5. The van der Waals surface area contributed by atoms with Crippen molar-refractivity contribution < 1.29 is 43.8 Å². The second kappa shape index (κ2) is 10.9. The van der Waals surface area contributed by atoms with Gasteiger partial charge in [-0.05, 0) is 6.42 Å². The van der Waals surface area contributed by atoms with E-state index in [9.17, 15) is 34.2 Å². The van der Waals surface area contributed by atoms with E-state index < -0.39 is 46.7 Å². The van der Waals surface area contributed by atoms with Gasteiger partial charge in [0.05, 0.1) is 0 Å². The van der Waals surface area contributed by atoms with Gasteiger partial charge in [-0.2, -0.15) is 0 Å². The fourth-order valence-electron chi connectivity index (χ4n) is 3.77. The number of oxime groups is 1. The quantitative estimate of drug-likeness (QED) is 0.134. The number of β-lactam (4-membered cyclic amide) rings is 1. The monoisotopic (exact) mass is 575 g/mol. The summed E-state index contributed by atoms with van der Waals surface area (Å²) in [4.78, 5) is 70.9. The Bertz CT molecular complexity index is 1210. The molecule has 0 bridgehead atoms. The van der Waals surface area contributed by atoms with E-state index in [1.54, 1.807) is 0 Å². The summed E-state index contributed by atoms with van der Waals surface area (Å²) < 4.78 is 4.89. The van der Waals surface area contributed by atoms with E-state index >= 15 is 0 Å². The average molecular weight is 576 g/mol. The molecular formula is C20H22ClN5O9S2. The second-order valence-electron chi connectivity index (χ2n) is 8.15. The van der Waals surface area contributed by atoms with Gasteiger partial charge >= 0.3 is 17.9 Å². The van der Waals surface area contributed by atoms with E-state index in [0.29, 0.717) is 6.42 Å². The summed E-state index contributed by atoms with van der Waals surface area (Å²) in [7, 11) is 0. The molecule has 0 unspecified atom stereocenters. The van der Waals surface area contributed by atoms with Gasteiger partial charge in [-0.3, -0.25) is 19.3 Å². The summed E-state index contributed by atoms with van der Waals surface area (Å²) in [6.07, 6.45) is 1.06. The molecular weight excluding hydrogens is 554 g/mol. The van der Waals surface area contributed by atoms with Gasteiger partial charge in [0.2, 0.25) is 5.60 Å². The number of amides is 2. The normalized spacial score (nSPS) is 22.0. The number of hydrogen-bond acceptors (Lipinski definition) is 12. The van der Waals surface area contributed by atoms with E-state index in [1.807, 2.05) is 0 Å². The van der Waals surface area contributed by atoms with Crippen LogP contribution < -0.4 is 11.1 Å². The van der Waals surface area contributed by atoms with E-state index in [1.165, 1.54) is 24.1 Å². The van der Waals surface area contributed by atoms with E-state index in [0.717, 1.165) is 16.2 Å². The molecule has 37 heavy (non-hydrogen) atoms. The number of carboxylic acid groups (broad SMARTS) is 2. The predicted octanol–water partition coefficient (Wildman–Crippen LogP) is 0.177. The Morgan fingerprint density at radius 3 is 2.54 bits per heavy atom. The SMILES string of the molecule is CC(=O)OCC1=C(C(=O)O)N2C(=O)[C@@H](NC(=O)/C(=N\OC3(C(=O)O)CCC3)c3csc(N)n3)[C@H]2SC1.Cl. The molecule has 1 aromatic rings. The van der Waals surface area contributed by atoms with Crippen LogP contribution in [-0.4, -0.2) is 84.9 Å². The molecule has 14 nitrogen and oxygen atoms in total. The highest BCUT2D eigenvalue weighted by Crippen LogP contribution is 2.40. The molecule has 2 aliphatic heterocycles. The molecule has 0 aromatic carbocycles. The van der Waals surface area contributed by atoms with Crippen LogP contribution >= 0.6 is 35.5 Å². The number of rotatable bonds is 9. The minimum atomic E-state index is -1.55. The van der Waals surface area contributed by atoms with E-state index in [2.05, 4.69) is 15.5 Å². The van der Waals surface area contributed by atoms with Gasteiger partial charge in [-0.15, -0.1) is 35.5 Å². The molecule has 0 spiro atoms. The van der Waals surface area contributed by atoms with Crippen LogP contribution in [-0.2, 0) is 33.5 Å². The van der Waals surface area contributed by atoms with Crippen molar-refractivity contribution in [2.24, 2.45) is 5.16 Å². The Labute approximate surface area is 223 Å². The number of esters is 1. The lowest BCUT2D eigenvalue weighted by Gasteiger charge is -2.49. The maximum atomic E-state index is 13.1. The summed E-state index contributed by atoms with van der Waals surface area (Å²) in [5.41, 5.74) is 3.74. The first kappa shape index (κ1) is 28.2. The van der Waals surface area contributed by atoms with Crippen LogP contribution in [0.4, 0.5) is 5.13 Å². The molecule has 2 fully saturated rings. The Kier molecular flexibility index (Phi) is 8.34. The van der Waals surface area contributed by atoms with Crippen LogP contribution in [0.1, 0.15) is 31.9 Å². The van der Waals surface area contributed by atoms with Gasteiger partial charge in [0.25, 0.3) is 11.8 Å². The zero-order valence-electron chi connectivity index (χ0n) is 19.2. The van der Waals surface area contributed by atoms with Crippen molar-refractivity contribution in [3.8, 4) is 0 Å². The predicted molar refractivity (Wildman–Crippen MR) is 132 cm³/mol. The summed E-state index contributed by atoms with van der Waals surface area (Å²) in [5, 5.41) is 26.3. The van der Waals surface area contributed by atoms with Crippen molar-refractivity contribution >= 4 is 76.1 Å². The fourth-order valence-corrected chi connectivity index (χ4v) is 5.64. The molecule has 1 saturated carbocycles. The molecule has 2 amide bonds. The lowest BCUT2D eigenvalue weighted by atomic mass is 9.80. The summed E-state index contributed by atoms with van der Waals surface area (Å²) in [6, 6.07) is -1.09. The molecule has 5 N–H and O–H groups in total. The van der Waals surface area contributed by atoms with Gasteiger partial charge in [0.1, 0.15) is 29.4 Å². The number of carbonyl (C=O) groups is 5. The smallest absolute Gasteiger partial charge is 0.352 e. The van der Waals surface area contributed by atoms with Crippen LogP contribution in [0.25, 0.3) is 0 Å². The highest BCUT2D eigenvalue weighted by molar-refractivity contribution is 8.00. The van der Waals surface area contributed by atoms with Crippen molar-refractivity contribution in [3.05, 3.63) is 22.3 Å². The number of hydrogen-bond donors (Lipinski definition) is 4. The fraction of sp³-hybridized carbons (Fsp3) is 0.450. The van der Waals surface area contributed by atoms with E-state index in [-0.39, 0.29) is 65.4 Å². The van der Waals surface area contributed by atoms with Gasteiger partial charge in [0, 0.05) is 36.5 Å². The lowest BCUT2D eigenvalue weighted by Crippen LogP contribution is -2.71. The van der Waals surface area contributed by atoms with Gasteiger partial charge < -0.3 is 30.8 Å². The molecule has 0 radical (unpaired) electrons. The minimum absolute atomic E-state index is 0. The number of thioether (sulfide) groups is 1. The molecule has 200 valence electrons. The number of nitrogen functional groups attached to an aromatic ring is 1. The van der Waals surface area contributed by atoms with Crippen molar-refractivity contribution in [2.75, 3.05) is 18.1 Å². The minimum Gasteiger partial charge on any atom is -0.478 e. The number of nitrogens with two attached hydrogens (primary N) is 1. The molecule has 4 rings (SSSR count). The molecule has 3 heterocycles. The van der Waals surface area contributed by atoms with Gasteiger partial charge in [0.15, 0.2) is 10.8 Å². The maximum absolute atomic E-state index is 13.1. The first-order valence-corrected chi connectivity index (χ1v) is 12.5. The topological polar surface area (TPSA) is 211 Å². The average Bonchev–Trinajstić information content (AvgIpc) is 3.22. The molecule has 2 atom stereocenters. The largest absolute Gasteiger partial charge is 0.478 e. The Balaban J connectivity index is 0.00000380. The maximum Gasteiger partial charge on any atom is 0.352 e. The first-order valence-electron chi connectivity index (χ1n) is 10.6. The number of ether oxygens (including phenoxy) is 1. The third kappa shape index (κ3) is 5.35. The molecule has 17 heteroatoms. The molecule has 1 aromatic heterocycles. The summed E-state index contributed by atoms with van der Waals surface area (Å²) >= 11 is 2.21. The Morgan fingerprint density at radius 2 is 2.03 bits per heavy atom. The number of halogens is 1. The van der Waals surface area contributed by atoms with Crippen molar-refractivity contribution in [1.29, 1.82) is 0 Å². The molecule has 1 saturated heterocycles. The number of carbonyl (C=O) groups excluding carboxylic acids is 3. The summed E-state index contributed by atoms with van der Waals surface area (Å²) in [6.45, 7) is 0.907. The zero-order chi connectivity index (χ0) is 26.2. The first-order chi connectivity index (χ1) is 17.0. The lowest BCUT2D eigenvalue weighted by molar-refractivity contribution is -0.178. The van der Waals surface area contributed by atoms with Crippen molar-refractivity contribution in [1.82, 2.24) is 15.2 Å². The van der Waals surface area contributed by atoms with E-state index in [4.69, 9.17) is 15.3 Å². The standard InChI is InChI=1S/C20H21N5O9S2.ClH/c1-8(26)33-5-9-6-35-16-12(15(28)25(16)13(9)17(29)30)23-14(27)11(10-7-36-19(21)22-10)24-34-20(18(31)32)3-2-4-20;/h7,12,16H,2-6H2,1H3,(H2,21,22)(H,23,27)(H,29,30)(H,31,32);1H/b24-11-;/t12-,16-;/m1./s1. The third-order valence-corrected chi connectivity index (χ3v) is 7.84.